The highest BCUT2D eigenvalue weighted by molar-refractivity contribution is 7.86. The van der Waals surface area contributed by atoms with Gasteiger partial charge in [0, 0.05) is 13.1 Å². The van der Waals surface area contributed by atoms with E-state index < -0.39 is 15.6 Å². The standard InChI is InChI=1S/C10H23NO5S/c1-9(2)3-5-11(7-8-12)6-4-10(13)17(14,15)16/h9-10,12-13H,3-8H2,1-2H3,(H,14,15,16)/p-1. The van der Waals surface area contributed by atoms with E-state index in [4.69, 9.17) is 10.2 Å². The van der Waals surface area contributed by atoms with Crippen molar-refractivity contribution in [2.24, 2.45) is 5.92 Å². The summed E-state index contributed by atoms with van der Waals surface area (Å²) >= 11 is 0. The van der Waals surface area contributed by atoms with Gasteiger partial charge in [-0.1, -0.05) is 13.8 Å². The van der Waals surface area contributed by atoms with Crippen LogP contribution in [0.2, 0.25) is 0 Å². The van der Waals surface area contributed by atoms with Crippen LogP contribution in [0.3, 0.4) is 0 Å². The lowest BCUT2D eigenvalue weighted by molar-refractivity contribution is 0.158. The van der Waals surface area contributed by atoms with Crippen molar-refractivity contribution in [2.75, 3.05) is 26.2 Å². The smallest absolute Gasteiger partial charge is 0.144 e. The van der Waals surface area contributed by atoms with Gasteiger partial charge in [0.2, 0.25) is 0 Å². The molecule has 0 aliphatic rings. The summed E-state index contributed by atoms with van der Waals surface area (Å²) in [7, 11) is -4.63. The van der Waals surface area contributed by atoms with Gasteiger partial charge in [-0.15, -0.1) is 0 Å². The molecule has 1 atom stereocenters. The Kier molecular flexibility index (Phi) is 7.89. The Morgan fingerprint density at radius 1 is 1.18 bits per heavy atom. The van der Waals surface area contributed by atoms with Crippen LogP contribution in [0.1, 0.15) is 26.7 Å². The maximum absolute atomic E-state index is 10.5. The van der Waals surface area contributed by atoms with E-state index in [0.29, 0.717) is 19.0 Å². The summed E-state index contributed by atoms with van der Waals surface area (Å²) in [4.78, 5) is 1.84. The molecular formula is C10H22NO5S-. The fourth-order valence-corrected chi connectivity index (χ4v) is 1.75. The zero-order valence-corrected chi connectivity index (χ0v) is 11.2. The lowest BCUT2D eigenvalue weighted by atomic mass is 10.1. The highest BCUT2D eigenvalue weighted by Crippen LogP contribution is 2.06. The first-order chi connectivity index (χ1) is 7.77. The van der Waals surface area contributed by atoms with Crippen molar-refractivity contribution in [3.05, 3.63) is 0 Å². The van der Waals surface area contributed by atoms with Crippen LogP contribution in [0.25, 0.3) is 0 Å². The molecule has 0 radical (unpaired) electrons. The van der Waals surface area contributed by atoms with Crippen LogP contribution in [-0.2, 0) is 10.1 Å². The average molecular weight is 268 g/mol. The van der Waals surface area contributed by atoms with Gasteiger partial charge in [-0.05, 0) is 25.3 Å². The SMILES string of the molecule is CC(C)CCN(CCO)CCC(O)S(=O)(=O)[O-]. The second kappa shape index (κ2) is 7.99. The summed E-state index contributed by atoms with van der Waals surface area (Å²) in [5.74, 6) is 0.504. The summed E-state index contributed by atoms with van der Waals surface area (Å²) in [6.45, 7) is 5.51. The summed E-state index contributed by atoms with van der Waals surface area (Å²) in [6.07, 6.45) is 0.796. The monoisotopic (exact) mass is 268 g/mol. The van der Waals surface area contributed by atoms with Gasteiger partial charge in [-0.3, -0.25) is 0 Å². The van der Waals surface area contributed by atoms with E-state index in [-0.39, 0.29) is 19.6 Å². The molecule has 0 aliphatic heterocycles. The molecule has 2 N–H and O–H groups in total. The molecule has 0 bridgehead atoms. The largest absolute Gasteiger partial charge is 0.746 e. The first-order valence-corrected chi connectivity index (χ1v) is 7.20. The van der Waals surface area contributed by atoms with E-state index in [1.54, 1.807) is 0 Å². The molecule has 0 fully saturated rings. The lowest BCUT2D eigenvalue weighted by Crippen LogP contribution is -2.33. The molecular weight excluding hydrogens is 246 g/mol. The van der Waals surface area contributed by atoms with Crippen molar-refractivity contribution < 1.29 is 23.2 Å². The quantitative estimate of drug-likeness (QED) is 0.551. The van der Waals surface area contributed by atoms with Gasteiger partial charge < -0.3 is 19.7 Å². The number of hydrogen-bond acceptors (Lipinski definition) is 6. The zero-order chi connectivity index (χ0) is 13.5. The van der Waals surface area contributed by atoms with Crippen LogP contribution in [0.5, 0.6) is 0 Å². The van der Waals surface area contributed by atoms with Crippen LogP contribution >= 0.6 is 0 Å². The Balaban J connectivity index is 4.08. The molecule has 1 unspecified atom stereocenters. The third-order valence-electron chi connectivity index (χ3n) is 2.46. The fraction of sp³-hybridized carbons (Fsp3) is 1.00. The molecule has 17 heavy (non-hydrogen) atoms. The predicted molar refractivity (Wildman–Crippen MR) is 63.3 cm³/mol. The molecule has 0 aromatic heterocycles. The Hall–Kier alpha value is -0.210. The topological polar surface area (TPSA) is 101 Å². The average Bonchev–Trinajstić information content (AvgIpc) is 2.20. The Morgan fingerprint density at radius 3 is 2.12 bits per heavy atom. The zero-order valence-electron chi connectivity index (χ0n) is 10.4. The highest BCUT2D eigenvalue weighted by atomic mass is 32.2. The van der Waals surface area contributed by atoms with Crippen molar-refractivity contribution in [1.82, 2.24) is 4.90 Å². The molecule has 6 nitrogen and oxygen atoms in total. The summed E-state index contributed by atoms with van der Waals surface area (Å²) in [5.41, 5.74) is -1.86. The van der Waals surface area contributed by atoms with Crippen LogP contribution in [0, 0.1) is 5.92 Å². The summed E-state index contributed by atoms with van der Waals surface area (Å²) in [5, 5.41) is 17.9. The fourth-order valence-electron chi connectivity index (χ4n) is 1.35. The van der Waals surface area contributed by atoms with Gasteiger partial charge in [-0.25, -0.2) is 8.42 Å². The van der Waals surface area contributed by atoms with Gasteiger partial charge in [0.25, 0.3) is 0 Å². The number of nitrogens with zero attached hydrogens (tertiary/aromatic N) is 1. The van der Waals surface area contributed by atoms with E-state index in [1.165, 1.54) is 0 Å². The van der Waals surface area contributed by atoms with Crippen LogP contribution in [0.4, 0.5) is 0 Å². The van der Waals surface area contributed by atoms with E-state index in [2.05, 4.69) is 13.8 Å². The molecule has 0 spiro atoms. The molecule has 0 amide bonds. The van der Waals surface area contributed by atoms with E-state index in [1.807, 2.05) is 4.90 Å². The Morgan fingerprint density at radius 2 is 1.71 bits per heavy atom. The maximum Gasteiger partial charge on any atom is 0.144 e. The Labute approximate surface area is 103 Å². The van der Waals surface area contributed by atoms with Crippen LogP contribution in [0.15, 0.2) is 0 Å². The minimum absolute atomic E-state index is 0.0294. The van der Waals surface area contributed by atoms with Gasteiger partial charge in [0.1, 0.15) is 15.6 Å². The number of rotatable bonds is 9. The third kappa shape index (κ3) is 8.50. The number of aliphatic hydroxyl groups excluding tert-OH is 2. The molecule has 0 aromatic carbocycles. The van der Waals surface area contributed by atoms with Crippen molar-refractivity contribution in [3.63, 3.8) is 0 Å². The molecule has 0 saturated heterocycles. The summed E-state index contributed by atoms with van der Waals surface area (Å²) in [6, 6.07) is 0. The highest BCUT2D eigenvalue weighted by Gasteiger charge is 2.14. The van der Waals surface area contributed by atoms with Crippen LogP contribution in [-0.4, -0.2) is 59.8 Å². The third-order valence-corrected chi connectivity index (χ3v) is 3.37. The van der Waals surface area contributed by atoms with Crippen molar-refractivity contribution in [1.29, 1.82) is 0 Å². The molecule has 0 rings (SSSR count). The first-order valence-electron chi connectivity index (χ1n) is 5.73. The molecule has 7 heteroatoms. The molecule has 0 aromatic rings. The molecule has 0 saturated carbocycles. The number of aliphatic hydroxyl groups is 2. The second-order valence-electron chi connectivity index (χ2n) is 4.48. The maximum atomic E-state index is 10.5. The molecule has 104 valence electrons. The first kappa shape index (κ1) is 16.8. The van der Waals surface area contributed by atoms with Gasteiger partial charge in [0.15, 0.2) is 0 Å². The van der Waals surface area contributed by atoms with Gasteiger partial charge in [0.05, 0.1) is 6.61 Å². The van der Waals surface area contributed by atoms with Gasteiger partial charge >= 0.3 is 0 Å². The van der Waals surface area contributed by atoms with E-state index in [9.17, 15) is 13.0 Å². The minimum atomic E-state index is -4.63. The predicted octanol–water partition coefficient (Wildman–Crippen LogP) is -0.419. The lowest BCUT2D eigenvalue weighted by Gasteiger charge is -2.24. The van der Waals surface area contributed by atoms with Crippen molar-refractivity contribution in [3.8, 4) is 0 Å². The van der Waals surface area contributed by atoms with Gasteiger partial charge in [-0.2, -0.15) is 0 Å². The minimum Gasteiger partial charge on any atom is -0.746 e. The second-order valence-corrected chi connectivity index (χ2v) is 6.01. The van der Waals surface area contributed by atoms with Crippen molar-refractivity contribution in [2.45, 2.75) is 32.1 Å². The summed E-state index contributed by atoms with van der Waals surface area (Å²) < 4.78 is 31.5. The molecule has 0 aliphatic carbocycles. The van der Waals surface area contributed by atoms with E-state index >= 15 is 0 Å². The van der Waals surface area contributed by atoms with E-state index in [0.717, 1.165) is 6.42 Å². The number of hydrogen-bond donors (Lipinski definition) is 2. The van der Waals surface area contributed by atoms with Crippen LogP contribution < -0.4 is 0 Å². The normalized spacial score (nSPS) is 14.5. The molecule has 0 heterocycles. The van der Waals surface area contributed by atoms with Crippen molar-refractivity contribution >= 4 is 10.1 Å². The Bertz CT molecular complexity index is 291.